The molecule has 5 heterocycles. The SMILES string of the molecule is COc1ccc(Cc2c(Cc3ccc(OC)cc3)c3c(Cc4ccc(OC)cc4)c4nc(cc5ccc(cc6nc(cc2n3Cc2ccc(OC)cc2)C=C6)[nH]5)C=C4)cc1.[Co]. The molecule has 8 nitrogen and oxygen atoms in total. The van der Waals surface area contributed by atoms with E-state index >= 15 is 0 Å². The zero-order valence-electron chi connectivity index (χ0n) is 34.6. The summed E-state index contributed by atoms with van der Waals surface area (Å²) >= 11 is 0. The van der Waals surface area contributed by atoms with Crippen LogP contribution in [-0.2, 0) is 42.6 Å². The number of nitrogens with one attached hydrogen (secondary N) is 1. The fraction of sp³-hybridized carbons (Fsp3) is 0.154. The minimum absolute atomic E-state index is 0. The second-order valence-corrected chi connectivity index (χ2v) is 15.0. The number of nitrogens with zero attached hydrogens (tertiary/aromatic N) is 3. The Labute approximate surface area is 366 Å². The number of aromatic amines is 1. The van der Waals surface area contributed by atoms with Gasteiger partial charge in [-0.05, 0) is 149 Å². The van der Waals surface area contributed by atoms with E-state index in [2.05, 4.69) is 113 Å². The zero-order chi connectivity index (χ0) is 41.0. The third-order valence-corrected chi connectivity index (χ3v) is 11.2. The number of H-pyrrole nitrogens is 1. The molecular formula is C52H46CoN4O4. The van der Waals surface area contributed by atoms with Crippen molar-refractivity contribution in [1.82, 2.24) is 19.5 Å². The van der Waals surface area contributed by atoms with Gasteiger partial charge in [-0.1, -0.05) is 48.5 Å². The molecule has 0 unspecified atom stereocenters. The number of fused-ring (bicyclic) bond motifs is 8. The molecule has 0 atom stereocenters. The minimum atomic E-state index is 0. The van der Waals surface area contributed by atoms with Crippen molar-refractivity contribution in [3.8, 4) is 23.0 Å². The number of hydrogen-bond acceptors (Lipinski definition) is 6. The van der Waals surface area contributed by atoms with Gasteiger partial charge in [-0.25, -0.2) is 9.97 Å². The summed E-state index contributed by atoms with van der Waals surface area (Å²) in [6.07, 6.45) is 10.4. The van der Waals surface area contributed by atoms with Crippen LogP contribution in [0.1, 0.15) is 61.7 Å². The predicted molar refractivity (Wildman–Crippen MR) is 242 cm³/mol. The molecular weight excluding hydrogens is 804 g/mol. The van der Waals surface area contributed by atoms with Gasteiger partial charge in [0.05, 0.1) is 56.7 Å². The molecule has 61 heavy (non-hydrogen) atoms. The van der Waals surface area contributed by atoms with Crippen molar-refractivity contribution >= 4 is 46.4 Å². The third-order valence-electron chi connectivity index (χ3n) is 11.2. The molecule has 1 N–H and O–H groups in total. The van der Waals surface area contributed by atoms with Gasteiger partial charge in [0.25, 0.3) is 0 Å². The van der Waals surface area contributed by atoms with Crippen LogP contribution < -0.4 is 18.9 Å². The molecule has 0 saturated heterocycles. The van der Waals surface area contributed by atoms with Crippen LogP contribution in [-0.4, -0.2) is 48.0 Å². The molecule has 7 aromatic rings. The van der Waals surface area contributed by atoms with Crippen molar-refractivity contribution in [2.75, 3.05) is 28.4 Å². The van der Waals surface area contributed by atoms with Crippen LogP contribution in [0.4, 0.5) is 0 Å². The molecule has 0 saturated carbocycles. The van der Waals surface area contributed by atoms with E-state index in [0.29, 0.717) is 25.8 Å². The normalized spacial score (nSPS) is 11.6. The van der Waals surface area contributed by atoms with Crippen LogP contribution in [0.2, 0.25) is 0 Å². The molecule has 307 valence electrons. The molecule has 1 radical (unpaired) electrons. The van der Waals surface area contributed by atoms with E-state index in [-0.39, 0.29) is 16.8 Å². The first kappa shape index (κ1) is 40.9. The van der Waals surface area contributed by atoms with E-state index in [0.717, 1.165) is 84.5 Å². The van der Waals surface area contributed by atoms with Gasteiger partial charge in [-0.3, -0.25) is 0 Å². The molecule has 8 bridgehead atoms. The molecule has 0 spiro atoms. The van der Waals surface area contributed by atoms with Gasteiger partial charge in [-0.2, -0.15) is 0 Å². The standard InChI is InChI=1S/C52H46N4O4.Co/c1-57-43-18-5-34(6-19-43)27-47-48(28-35-7-20-44(58-2)21-8-35)52-49(29-36-9-22-45(59-3)23-10-36)50-26-17-41(55-50)31-40-14-13-38(53-40)30-39-15-16-42(54-39)32-51(47)56(52)33-37-11-24-46(60-4)25-12-37;/h5-26,30-32,53H,27-29,33H2,1-4H3;. The van der Waals surface area contributed by atoms with E-state index in [9.17, 15) is 0 Å². The summed E-state index contributed by atoms with van der Waals surface area (Å²) in [6.45, 7) is 0.596. The number of methoxy groups -OCH3 is 4. The van der Waals surface area contributed by atoms with Crippen LogP contribution in [0.3, 0.4) is 0 Å². The molecule has 0 fully saturated rings. The summed E-state index contributed by atoms with van der Waals surface area (Å²) in [6, 6.07) is 44.2. The maximum Gasteiger partial charge on any atom is 0.118 e. The molecule has 9 rings (SSSR count). The van der Waals surface area contributed by atoms with Gasteiger partial charge in [-0.15, -0.1) is 0 Å². The average Bonchev–Trinajstić information content (AvgIpc) is 4.10. The predicted octanol–water partition coefficient (Wildman–Crippen LogP) is 11.0. The van der Waals surface area contributed by atoms with Gasteiger partial charge in [0, 0.05) is 51.9 Å². The first-order valence-corrected chi connectivity index (χ1v) is 20.1. The average molecular weight is 850 g/mol. The number of benzene rings is 4. The second kappa shape index (κ2) is 18.2. The van der Waals surface area contributed by atoms with E-state index in [1.807, 2.05) is 48.5 Å². The molecule has 2 aliphatic rings. The topological polar surface area (TPSA) is 83.4 Å². The number of hydrogen-bond donors (Lipinski definition) is 1. The van der Waals surface area contributed by atoms with Gasteiger partial charge >= 0.3 is 0 Å². The largest absolute Gasteiger partial charge is 0.497 e. The van der Waals surface area contributed by atoms with Gasteiger partial charge in [0.2, 0.25) is 0 Å². The molecule has 3 aromatic heterocycles. The fourth-order valence-electron chi connectivity index (χ4n) is 8.10. The Morgan fingerprint density at radius 1 is 0.443 bits per heavy atom. The summed E-state index contributed by atoms with van der Waals surface area (Å²) in [5.74, 6) is 3.27. The van der Waals surface area contributed by atoms with Crippen LogP contribution in [0.5, 0.6) is 23.0 Å². The summed E-state index contributed by atoms with van der Waals surface area (Å²) in [5, 5.41) is 0. The van der Waals surface area contributed by atoms with Crippen molar-refractivity contribution < 1.29 is 35.7 Å². The fourth-order valence-corrected chi connectivity index (χ4v) is 8.10. The molecule has 4 aromatic carbocycles. The summed E-state index contributed by atoms with van der Waals surface area (Å²) in [4.78, 5) is 14.1. The Morgan fingerprint density at radius 3 is 1.34 bits per heavy atom. The van der Waals surface area contributed by atoms with Crippen molar-refractivity contribution in [2.24, 2.45) is 0 Å². The van der Waals surface area contributed by atoms with Crippen molar-refractivity contribution in [1.29, 1.82) is 0 Å². The van der Waals surface area contributed by atoms with E-state index in [1.165, 1.54) is 22.3 Å². The van der Waals surface area contributed by atoms with Gasteiger partial charge in [0.15, 0.2) is 0 Å². The van der Waals surface area contributed by atoms with Gasteiger partial charge < -0.3 is 28.5 Å². The van der Waals surface area contributed by atoms with Crippen molar-refractivity contribution in [3.05, 3.63) is 189 Å². The molecule has 0 amide bonds. The Balaban J connectivity index is 0.00000514. The van der Waals surface area contributed by atoms with Crippen molar-refractivity contribution in [2.45, 2.75) is 25.8 Å². The summed E-state index contributed by atoms with van der Waals surface area (Å²) in [7, 11) is 6.81. The number of aromatic nitrogens is 4. The van der Waals surface area contributed by atoms with E-state index in [4.69, 9.17) is 28.9 Å². The maximum absolute atomic E-state index is 5.60. The van der Waals surface area contributed by atoms with Gasteiger partial charge in [0.1, 0.15) is 23.0 Å². The molecule has 9 heteroatoms. The Kier molecular flexibility index (Phi) is 12.2. The Hall–Kier alpha value is -6.81. The van der Waals surface area contributed by atoms with Crippen LogP contribution in [0.25, 0.3) is 46.4 Å². The van der Waals surface area contributed by atoms with E-state index < -0.39 is 0 Å². The quantitative estimate of drug-likeness (QED) is 0.132. The van der Waals surface area contributed by atoms with Crippen molar-refractivity contribution in [3.63, 3.8) is 0 Å². The Bertz CT molecular complexity index is 2890. The van der Waals surface area contributed by atoms with Crippen LogP contribution in [0, 0.1) is 0 Å². The monoisotopic (exact) mass is 849 g/mol. The smallest absolute Gasteiger partial charge is 0.118 e. The Morgan fingerprint density at radius 2 is 0.852 bits per heavy atom. The molecule has 0 aliphatic carbocycles. The third kappa shape index (κ3) is 9.04. The van der Waals surface area contributed by atoms with Crippen LogP contribution >= 0.6 is 0 Å². The zero-order valence-corrected chi connectivity index (χ0v) is 35.6. The molecule has 2 aliphatic heterocycles. The summed E-state index contributed by atoms with van der Waals surface area (Å²) in [5.41, 5.74) is 15.9. The number of rotatable bonds is 12. The minimum Gasteiger partial charge on any atom is -0.497 e. The second-order valence-electron chi connectivity index (χ2n) is 15.0. The first-order chi connectivity index (χ1) is 29.4. The van der Waals surface area contributed by atoms with Crippen LogP contribution in [0.15, 0.2) is 127 Å². The first-order valence-electron chi connectivity index (χ1n) is 20.1. The summed E-state index contributed by atoms with van der Waals surface area (Å²) < 4.78 is 24.9. The maximum atomic E-state index is 5.60. The van der Waals surface area contributed by atoms with E-state index in [1.54, 1.807) is 28.4 Å². The number of ether oxygens (including phenoxy) is 4.